The van der Waals surface area contributed by atoms with Gasteiger partial charge in [0.2, 0.25) is 0 Å². The van der Waals surface area contributed by atoms with E-state index in [1.54, 1.807) is 7.05 Å². The topological polar surface area (TPSA) is 80.3 Å². The smallest absolute Gasteiger partial charge is 0.182 e. The summed E-state index contributed by atoms with van der Waals surface area (Å²) in [7, 11) is -4.97. The Bertz CT molecular complexity index is 693. The first-order valence-corrected chi connectivity index (χ1v) is 10.4. The maximum atomic E-state index is 12.7. The number of hydrogen-bond donors (Lipinski definition) is 1. The molecule has 1 aliphatic carbocycles. The van der Waals surface area contributed by atoms with Gasteiger partial charge in [-0.2, -0.15) is 0 Å². The number of benzene rings is 1. The minimum absolute atomic E-state index is 0.0432. The molecule has 0 amide bonds. The van der Waals surface area contributed by atoms with E-state index in [9.17, 15) is 16.8 Å². The maximum Gasteiger partial charge on any atom is 0.182 e. The molecule has 1 fully saturated rings. The average molecular weight is 331 g/mol. The van der Waals surface area contributed by atoms with Crippen molar-refractivity contribution in [1.82, 2.24) is 5.32 Å². The van der Waals surface area contributed by atoms with Crippen molar-refractivity contribution in [2.24, 2.45) is 0 Å². The second kappa shape index (κ2) is 6.06. The molecule has 1 saturated carbocycles. The molecule has 0 aliphatic heterocycles. The molecule has 0 heterocycles. The second-order valence-corrected chi connectivity index (χ2v) is 9.69. The van der Waals surface area contributed by atoms with Gasteiger partial charge in [-0.05, 0) is 44.2 Å². The summed E-state index contributed by atoms with van der Waals surface area (Å²) in [5, 5.41) is 2.65. The molecule has 2 atom stereocenters. The summed E-state index contributed by atoms with van der Waals surface area (Å²) >= 11 is 0. The molecule has 0 saturated heterocycles. The molecule has 0 spiro atoms. The zero-order valence-electron chi connectivity index (χ0n) is 12.2. The van der Waals surface area contributed by atoms with Crippen molar-refractivity contribution >= 4 is 19.7 Å². The third-order valence-corrected chi connectivity index (χ3v) is 7.47. The van der Waals surface area contributed by atoms with Gasteiger partial charge >= 0.3 is 0 Å². The minimum atomic E-state index is -3.44. The van der Waals surface area contributed by atoms with Gasteiger partial charge in [-0.3, -0.25) is 0 Å². The van der Waals surface area contributed by atoms with Crippen molar-refractivity contribution in [3.05, 3.63) is 24.3 Å². The van der Waals surface area contributed by atoms with Crippen LogP contribution in [0.2, 0.25) is 0 Å². The number of sulfone groups is 2. The van der Waals surface area contributed by atoms with Crippen molar-refractivity contribution in [3.63, 3.8) is 0 Å². The van der Waals surface area contributed by atoms with Crippen molar-refractivity contribution in [2.45, 2.75) is 46.8 Å². The van der Waals surface area contributed by atoms with Crippen LogP contribution in [-0.2, 0) is 19.7 Å². The molecule has 1 N–H and O–H groups in total. The normalized spacial score (nSPS) is 23.9. The Hall–Kier alpha value is -0.920. The second-order valence-electron chi connectivity index (χ2n) is 5.51. The molecule has 1 aliphatic rings. The van der Waals surface area contributed by atoms with Gasteiger partial charge in [0.05, 0.1) is 15.0 Å². The Labute approximate surface area is 126 Å². The van der Waals surface area contributed by atoms with Gasteiger partial charge in [-0.1, -0.05) is 12.8 Å². The number of nitrogens with one attached hydrogen (secondary N) is 1. The summed E-state index contributed by atoms with van der Waals surface area (Å²) in [6, 6.07) is 5.47. The van der Waals surface area contributed by atoms with Crippen molar-refractivity contribution < 1.29 is 16.8 Å². The standard InChI is InChI=1S/C14H21NO4S2/c1-15-13-5-3-4-6-14(13)21(18,19)12-9-7-11(8-10-12)20(2,16)17/h7-10,13-15H,3-6H2,1-2H3. The number of hydrogen-bond acceptors (Lipinski definition) is 5. The summed E-state index contributed by atoms with van der Waals surface area (Å²) in [6.07, 6.45) is 4.53. The lowest BCUT2D eigenvalue weighted by molar-refractivity contribution is 0.389. The first-order valence-electron chi connectivity index (χ1n) is 6.98. The van der Waals surface area contributed by atoms with Crippen molar-refractivity contribution in [1.29, 1.82) is 0 Å². The molecule has 1 aromatic rings. The Kier molecular flexibility index (Phi) is 4.75. The first-order chi connectivity index (χ1) is 9.76. The monoisotopic (exact) mass is 331 g/mol. The lowest BCUT2D eigenvalue weighted by Crippen LogP contribution is -2.44. The molecular weight excluding hydrogens is 310 g/mol. The largest absolute Gasteiger partial charge is 0.316 e. The van der Waals surface area contributed by atoms with Crippen LogP contribution in [0.15, 0.2) is 34.1 Å². The molecule has 5 nitrogen and oxygen atoms in total. The fraction of sp³-hybridized carbons (Fsp3) is 0.571. The predicted molar refractivity (Wildman–Crippen MR) is 81.8 cm³/mol. The average Bonchev–Trinajstić information content (AvgIpc) is 2.46. The van der Waals surface area contributed by atoms with Gasteiger partial charge in [0.25, 0.3) is 0 Å². The van der Waals surface area contributed by atoms with Gasteiger partial charge in [-0.15, -0.1) is 0 Å². The fourth-order valence-electron chi connectivity index (χ4n) is 2.85. The predicted octanol–water partition coefficient (Wildman–Crippen LogP) is 1.39. The highest BCUT2D eigenvalue weighted by Gasteiger charge is 2.35. The molecule has 2 unspecified atom stereocenters. The molecule has 2 rings (SSSR count). The Morgan fingerprint density at radius 2 is 1.48 bits per heavy atom. The lowest BCUT2D eigenvalue weighted by Gasteiger charge is -2.30. The van der Waals surface area contributed by atoms with Gasteiger partial charge in [0.15, 0.2) is 19.7 Å². The maximum absolute atomic E-state index is 12.7. The summed E-state index contributed by atoms with van der Waals surface area (Å²) in [4.78, 5) is 0.331. The Morgan fingerprint density at radius 3 is 2.00 bits per heavy atom. The summed E-state index contributed by atoms with van der Waals surface area (Å²) < 4.78 is 48.3. The van der Waals surface area contributed by atoms with Crippen LogP contribution < -0.4 is 5.32 Å². The molecule has 0 bridgehead atoms. The molecule has 0 aromatic heterocycles. The van der Waals surface area contributed by atoms with Crippen LogP contribution in [0.1, 0.15) is 25.7 Å². The third-order valence-electron chi connectivity index (χ3n) is 4.05. The van der Waals surface area contributed by atoms with Gasteiger partial charge in [0, 0.05) is 12.3 Å². The highest BCUT2D eigenvalue weighted by atomic mass is 32.2. The van der Waals surface area contributed by atoms with Crippen LogP contribution in [0.25, 0.3) is 0 Å². The SMILES string of the molecule is CNC1CCCCC1S(=O)(=O)c1ccc(S(C)(=O)=O)cc1. The van der Waals surface area contributed by atoms with E-state index in [4.69, 9.17) is 0 Å². The van der Waals surface area contributed by atoms with Crippen LogP contribution in [0, 0.1) is 0 Å². The molecule has 0 radical (unpaired) electrons. The Morgan fingerprint density at radius 1 is 0.952 bits per heavy atom. The van der Waals surface area contributed by atoms with Crippen molar-refractivity contribution in [2.75, 3.05) is 13.3 Å². The molecule has 1 aromatic carbocycles. The zero-order chi connectivity index (χ0) is 15.7. The Balaban J connectivity index is 2.35. The summed E-state index contributed by atoms with van der Waals surface area (Å²) in [5.74, 6) is 0. The van der Waals surface area contributed by atoms with E-state index in [1.165, 1.54) is 24.3 Å². The van der Waals surface area contributed by atoms with Crippen LogP contribution in [-0.4, -0.2) is 41.4 Å². The van der Waals surface area contributed by atoms with E-state index in [0.717, 1.165) is 25.5 Å². The van der Waals surface area contributed by atoms with Gasteiger partial charge in [-0.25, -0.2) is 16.8 Å². The first kappa shape index (κ1) is 16.5. The molecule has 118 valence electrons. The van der Waals surface area contributed by atoms with E-state index >= 15 is 0 Å². The van der Waals surface area contributed by atoms with Gasteiger partial charge in [0.1, 0.15) is 0 Å². The molecular formula is C14H21NO4S2. The highest BCUT2D eigenvalue weighted by Crippen LogP contribution is 2.29. The van der Waals surface area contributed by atoms with E-state index in [0.29, 0.717) is 6.42 Å². The van der Waals surface area contributed by atoms with Gasteiger partial charge < -0.3 is 5.32 Å². The summed E-state index contributed by atoms with van der Waals surface area (Å²) in [6.45, 7) is 0. The minimum Gasteiger partial charge on any atom is -0.316 e. The zero-order valence-corrected chi connectivity index (χ0v) is 13.9. The summed E-state index contributed by atoms with van der Waals surface area (Å²) in [5.41, 5.74) is 0. The highest BCUT2D eigenvalue weighted by molar-refractivity contribution is 7.92. The number of rotatable bonds is 4. The molecule has 7 heteroatoms. The van der Waals surface area contributed by atoms with E-state index in [-0.39, 0.29) is 15.8 Å². The van der Waals surface area contributed by atoms with Crippen LogP contribution in [0.4, 0.5) is 0 Å². The molecule has 21 heavy (non-hydrogen) atoms. The quantitative estimate of drug-likeness (QED) is 0.902. The fourth-order valence-corrected chi connectivity index (χ4v) is 5.53. The van der Waals surface area contributed by atoms with E-state index < -0.39 is 24.9 Å². The lowest BCUT2D eigenvalue weighted by atomic mass is 9.95. The van der Waals surface area contributed by atoms with E-state index in [2.05, 4.69) is 5.32 Å². The van der Waals surface area contributed by atoms with E-state index in [1.807, 2.05) is 0 Å². The van der Waals surface area contributed by atoms with Crippen molar-refractivity contribution in [3.8, 4) is 0 Å². The van der Waals surface area contributed by atoms with Crippen LogP contribution in [0.3, 0.4) is 0 Å². The van der Waals surface area contributed by atoms with Crippen LogP contribution >= 0.6 is 0 Å². The van der Waals surface area contributed by atoms with Crippen LogP contribution in [0.5, 0.6) is 0 Å². The third kappa shape index (κ3) is 3.46.